The van der Waals surface area contributed by atoms with Crippen molar-refractivity contribution in [3.05, 3.63) is 71.3 Å². The molecule has 25 heavy (non-hydrogen) atoms. The van der Waals surface area contributed by atoms with E-state index in [1.54, 1.807) is 0 Å². The van der Waals surface area contributed by atoms with E-state index in [-0.39, 0.29) is 12.5 Å². The van der Waals surface area contributed by atoms with Crippen LogP contribution in [0.4, 0.5) is 4.79 Å². The molecule has 130 valence electrons. The number of nitrogens with zero attached hydrogens (tertiary/aromatic N) is 1. The summed E-state index contributed by atoms with van der Waals surface area (Å²) in [5.41, 5.74) is 1.45. The van der Waals surface area contributed by atoms with Gasteiger partial charge in [-0.25, -0.2) is 4.79 Å². The van der Waals surface area contributed by atoms with Crippen LogP contribution in [0.2, 0.25) is 0 Å². The summed E-state index contributed by atoms with van der Waals surface area (Å²) >= 11 is 0. The van der Waals surface area contributed by atoms with Crippen LogP contribution >= 0.6 is 0 Å². The number of β-amino-alcohol motifs (C(OH)–C–C–N with tert-alkyl or cyclic N) is 1. The Kier molecular flexibility index (Phi) is 4.59. The van der Waals surface area contributed by atoms with Crippen LogP contribution < -0.4 is 5.32 Å². The van der Waals surface area contributed by atoms with Crippen molar-refractivity contribution in [2.45, 2.75) is 31.9 Å². The van der Waals surface area contributed by atoms with Gasteiger partial charge in [-0.05, 0) is 24.5 Å². The zero-order valence-corrected chi connectivity index (χ0v) is 14.4. The smallest absolute Gasteiger partial charge is 0.325 e. The van der Waals surface area contributed by atoms with Gasteiger partial charge in [-0.1, -0.05) is 67.1 Å². The Morgan fingerprint density at radius 1 is 1.08 bits per heavy atom. The maximum absolute atomic E-state index is 13.0. The zero-order chi connectivity index (χ0) is 18.0. The molecule has 1 saturated heterocycles. The molecule has 3 amide bonds. The number of hydrogen-bond donors (Lipinski definition) is 2. The number of carbonyl (C=O) groups excluding carboxylic acids is 2. The molecule has 0 radical (unpaired) electrons. The number of rotatable bonds is 5. The first-order valence-electron chi connectivity index (χ1n) is 8.42. The van der Waals surface area contributed by atoms with Crippen molar-refractivity contribution in [2.75, 3.05) is 6.54 Å². The molecule has 2 N–H and O–H groups in total. The minimum absolute atomic E-state index is 0.0672. The highest BCUT2D eigenvalue weighted by Gasteiger charge is 2.51. The summed E-state index contributed by atoms with van der Waals surface area (Å²) in [7, 11) is 0. The van der Waals surface area contributed by atoms with Crippen LogP contribution in [-0.4, -0.2) is 28.5 Å². The van der Waals surface area contributed by atoms with Crippen LogP contribution in [0.25, 0.3) is 0 Å². The molecule has 5 heteroatoms. The molecule has 0 bridgehead atoms. The summed E-state index contributed by atoms with van der Waals surface area (Å²) in [6.07, 6.45) is -0.475. The highest BCUT2D eigenvalue weighted by atomic mass is 16.3. The molecule has 0 aromatic heterocycles. The van der Waals surface area contributed by atoms with E-state index in [9.17, 15) is 14.7 Å². The van der Waals surface area contributed by atoms with E-state index >= 15 is 0 Å². The molecular weight excluding hydrogens is 316 g/mol. The lowest BCUT2D eigenvalue weighted by Crippen LogP contribution is -2.43. The van der Waals surface area contributed by atoms with Crippen molar-refractivity contribution in [1.82, 2.24) is 10.2 Å². The molecule has 1 aliphatic rings. The number of hydrogen-bond acceptors (Lipinski definition) is 3. The van der Waals surface area contributed by atoms with Gasteiger partial charge in [0, 0.05) is 0 Å². The average molecular weight is 338 g/mol. The second kappa shape index (κ2) is 6.69. The Balaban J connectivity index is 1.85. The van der Waals surface area contributed by atoms with E-state index in [4.69, 9.17) is 0 Å². The predicted octanol–water partition coefficient (Wildman–Crippen LogP) is 2.89. The molecule has 0 spiro atoms. The van der Waals surface area contributed by atoms with Gasteiger partial charge in [0.25, 0.3) is 5.91 Å². The number of imide groups is 1. The fourth-order valence-corrected chi connectivity index (χ4v) is 3.22. The first-order chi connectivity index (χ1) is 12.0. The number of aliphatic hydroxyl groups excluding tert-OH is 1. The molecule has 0 aliphatic carbocycles. The Morgan fingerprint density at radius 3 is 2.32 bits per heavy atom. The van der Waals surface area contributed by atoms with Gasteiger partial charge < -0.3 is 10.4 Å². The molecule has 0 saturated carbocycles. The van der Waals surface area contributed by atoms with Crippen molar-refractivity contribution in [3.63, 3.8) is 0 Å². The van der Waals surface area contributed by atoms with Crippen molar-refractivity contribution < 1.29 is 14.7 Å². The fraction of sp³-hybridized carbons (Fsp3) is 0.300. The van der Waals surface area contributed by atoms with Crippen molar-refractivity contribution in [3.8, 4) is 0 Å². The number of aliphatic hydroxyl groups is 1. The third kappa shape index (κ3) is 3.03. The summed E-state index contributed by atoms with van der Waals surface area (Å²) in [5, 5.41) is 13.3. The van der Waals surface area contributed by atoms with Crippen LogP contribution in [0.5, 0.6) is 0 Å². The molecule has 2 aromatic rings. The Labute approximate surface area is 147 Å². The number of benzene rings is 2. The van der Waals surface area contributed by atoms with Crippen LogP contribution in [0.15, 0.2) is 54.6 Å². The lowest BCUT2D eigenvalue weighted by Gasteiger charge is -2.26. The number of aryl methyl sites for hydroxylation is 1. The number of carbonyl (C=O) groups is 2. The first kappa shape index (κ1) is 17.2. The molecule has 5 nitrogen and oxygen atoms in total. The van der Waals surface area contributed by atoms with E-state index in [0.717, 1.165) is 16.0 Å². The van der Waals surface area contributed by atoms with Gasteiger partial charge in [0.15, 0.2) is 0 Å². The van der Waals surface area contributed by atoms with Gasteiger partial charge in [-0.3, -0.25) is 9.69 Å². The number of nitrogens with one attached hydrogen (secondary N) is 1. The highest BCUT2D eigenvalue weighted by Crippen LogP contribution is 2.33. The Hall–Kier alpha value is -2.66. The largest absolute Gasteiger partial charge is 0.387 e. The summed E-state index contributed by atoms with van der Waals surface area (Å²) in [5.74, 6) is -0.322. The Morgan fingerprint density at radius 2 is 1.72 bits per heavy atom. The van der Waals surface area contributed by atoms with Gasteiger partial charge in [-0.2, -0.15) is 0 Å². The van der Waals surface area contributed by atoms with Crippen molar-refractivity contribution >= 4 is 11.9 Å². The standard InChI is InChI=1S/C20H22N2O3/c1-3-20(16-7-5-4-6-8-16)18(24)22(19(25)21-20)13-17(23)15-11-9-14(2)10-12-15/h4-12,17,23H,3,13H2,1-2H3,(H,21,25). The number of urea groups is 1. The maximum atomic E-state index is 13.0. The molecule has 2 atom stereocenters. The molecule has 1 heterocycles. The highest BCUT2D eigenvalue weighted by molar-refractivity contribution is 6.07. The SMILES string of the molecule is CCC1(c2ccccc2)NC(=O)N(CC(O)c2ccc(C)cc2)C1=O. The molecule has 1 aliphatic heterocycles. The third-order valence-electron chi connectivity index (χ3n) is 4.79. The minimum atomic E-state index is -1.06. The van der Waals surface area contributed by atoms with Crippen LogP contribution in [-0.2, 0) is 10.3 Å². The van der Waals surface area contributed by atoms with E-state index < -0.39 is 17.7 Å². The molecular formula is C20H22N2O3. The van der Waals surface area contributed by atoms with Gasteiger partial charge in [0.1, 0.15) is 5.54 Å². The average Bonchev–Trinajstić information content (AvgIpc) is 2.88. The van der Waals surface area contributed by atoms with Gasteiger partial charge >= 0.3 is 6.03 Å². The fourth-order valence-electron chi connectivity index (χ4n) is 3.22. The topological polar surface area (TPSA) is 69.6 Å². The van der Waals surface area contributed by atoms with Crippen LogP contribution in [0.3, 0.4) is 0 Å². The number of amides is 3. The lowest BCUT2D eigenvalue weighted by molar-refractivity contribution is -0.132. The van der Waals surface area contributed by atoms with E-state index in [0.29, 0.717) is 12.0 Å². The lowest BCUT2D eigenvalue weighted by atomic mass is 9.87. The van der Waals surface area contributed by atoms with Crippen molar-refractivity contribution in [1.29, 1.82) is 0 Å². The van der Waals surface area contributed by atoms with Gasteiger partial charge in [0.2, 0.25) is 0 Å². The quantitative estimate of drug-likeness (QED) is 0.824. The zero-order valence-electron chi connectivity index (χ0n) is 14.4. The van der Waals surface area contributed by atoms with Crippen molar-refractivity contribution in [2.24, 2.45) is 0 Å². The predicted molar refractivity (Wildman–Crippen MR) is 94.8 cm³/mol. The molecule has 2 aromatic carbocycles. The summed E-state index contributed by atoms with van der Waals surface area (Å²) < 4.78 is 0. The van der Waals surface area contributed by atoms with Crippen LogP contribution in [0.1, 0.15) is 36.1 Å². The second-order valence-corrected chi connectivity index (χ2v) is 6.40. The minimum Gasteiger partial charge on any atom is -0.387 e. The third-order valence-corrected chi connectivity index (χ3v) is 4.79. The van der Waals surface area contributed by atoms with E-state index in [1.807, 2.05) is 68.4 Å². The maximum Gasteiger partial charge on any atom is 0.325 e. The first-order valence-corrected chi connectivity index (χ1v) is 8.42. The van der Waals surface area contributed by atoms with Crippen LogP contribution in [0, 0.1) is 6.92 Å². The molecule has 1 fully saturated rings. The second-order valence-electron chi connectivity index (χ2n) is 6.40. The van der Waals surface area contributed by atoms with Gasteiger partial charge in [-0.15, -0.1) is 0 Å². The summed E-state index contributed by atoms with van der Waals surface area (Å²) in [6.45, 7) is 3.76. The summed E-state index contributed by atoms with van der Waals surface area (Å²) in [4.78, 5) is 26.6. The molecule has 2 unspecified atom stereocenters. The van der Waals surface area contributed by atoms with E-state index in [1.165, 1.54) is 0 Å². The normalized spacial score (nSPS) is 21.3. The monoisotopic (exact) mass is 338 g/mol. The Bertz CT molecular complexity index is 773. The molecule has 3 rings (SSSR count). The summed E-state index contributed by atoms with van der Waals surface area (Å²) in [6, 6.07) is 16.2. The van der Waals surface area contributed by atoms with Gasteiger partial charge in [0.05, 0.1) is 12.6 Å². The van der Waals surface area contributed by atoms with E-state index in [2.05, 4.69) is 5.32 Å².